The molecule has 1 N–H and O–H groups in total. The van der Waals surface area contributed by atoms with Gasteiger partial charge in [-0.25, -0.2) is 4.98 Å². The molecule has 6 nitrogen and oxygen atoms in total. The first-order valence-electron chi connectivity index (χ1n) is 7.92. The first kappa shape index (κ1) is 13.6. The smallest absolute Gasteiger partial charge is 0.253 e. The van der Waals surface area contributed by atoms with Crippen molar-refractivity contribution < 1.29 is 14.3 Å². The van der Waals surface area contributed by atoms with Crippen LogP contribution >= 0.6 is 0 Å². The lowest BCUT2D eigenvalue weighted by Gasteiger charge is -2.18. The van der Waals surface area contributed by atoms with Gasteiger partial charge in [-0.3, -0.25) is 4.79 Å². The number of aromatic nitrogens is 2. The van der Waals surface area contributed by atoms with Gasteiger partial charge >= 0.3 is 0 Å². The van der Waals surface area contributed by atoms with Crippen LogP contribution < -0.4 is 10.1 Å². The summed E-state index contributed by atoms with van der Waals surface area (Å²) >= 11 is 0. The Labute approximate surface area is 138 Å². The van der Waals surface area contributed by atoms with Gasteiger partial charge in [0.05, 0.1) is 23.2 Å². The van der Waals surface area contributed by atoms with Crippen LogP contribution in [0, 0.1) is 0 Å². The molecule has 0 aliphatic carbocycles. The molecule has 3 heterocycles. The predicted octanol–water partition coefficient (Wildman–Crippen LogP) is 2.31. The monoisotopic (exact) mass is 321 g/mol. The standard InChI is InChI=1S/C18H15N3O3/c22-18-13-2-1-3-14-16(13)21(7-6-19-18)17(20-14)11-4-5-15-12(8-11)9-23-10-24-15/h1-5,8H,6-7,9-10H2,(H,19,22). The third-order valence-corrected chi connectivity index (χ3v) is 4.51. The Balaban J connectivity index is 1.74. The van der Waals surface area contributed by atoms with Crippen LogP contribution in [0.2, 0.25) is 0 Å². The van der Waals surface area contributed by atoms with Gasteiger partial charge in [0.15, 0.2) is 6.79 Å². The Morgan fingerprint density at radius 2 is 2.17 bits per heavy atom. The number of hydrogen-bond acceptors (Lipinski definition) is 4. The Kier molecular flexibility index (Phi) is 2.87. The molecule has 1 aromatic heterocycles. The largest absolute Gasteiger partial charge is 0.467 e. The van der Waals surface area contributed by atoms with E-state index in [1.807, 2.05) is 30.3 Å². The van der Waals surface area contributed by atoms with Crippen LogP contribution in [0.25, 0.3) is 22.4 Å². The van der Waals surface area contributed by atoms with Gasteiger partial charge in [0.25, 0.3) is 5.91 Å². The average molecular weight is 321 g/mol. The lowest BCUT2D eigenvalue weighted by Crippen LogP contribution is -2.24. The Morgan fingerprint density at radius 3 is 3.12 bits per heavy atom. The summed E-state index contributed by atoms with van der Waals surface area (Å²) in [5, 5.41) is 2.94. The highest BCUT2D eigenvalue weighted by atomic mass is 16.7. The average Bonchev–Trinajstić information content (AvgIpc) is 2.91. The molecule has 2 aliphatic heterocycles. The first-order valence-corrected chi connectivity index (χ1v) is 7.92. The molecule has 1 amide bonds. The molecule has 0 unspecified atom stereocenters. The minimum atomic E-state index is -0.0435. The molecule has 0 bridgehead atoms. The molecule has 0 spiro atoms. The number of hydrogen-bond donors (Lipinski definition) is 1. The SMILES string of the molecule is O=C1NCCn2c(-c3ccc4c(c3)COCO4)nc3cccc1c32. The highest BCUT2D eigenvalue weighted by Gasteiger charge is 2.22. The normalized spacial score (nSPS) is 16.2. The highest BCUT2D eigenvalue weighted by molar-refractivity contribution is 6.06. The number of nitrogens with one attached hydrogen (secondary N) is 1. The lowest BCUT2D eigenvalue weighted by molar-refractivity contribution is -0.0163. The van der Waals surface area contributed by atoms with E-state index < -0.39 is 0 Å². The maximum absolute atomic E-state index is 12.2. The van der Waals surface area contributed by atoms with Gasteiger partial charge in [-0.2, -0.15) is 0 Å². The number of carbonyl (C=O) groups is 1. The number of carbonyl (C=O) groups excluding carboxylic acids is 1. The molecule has 24 heavy (non-hydrogen) atoms. The zero-order valence-corrected chi connectivity index (χ0v) is 12.9. The fraction of sp³-hybridized carbons (Fsp3) is 0.222. The summed E-state index contributed by atoms with van der Waals surface area (Å²) in [5.41, 5.74) is 4.42. The summed E-state index contributed by atoms with van der Waals surface area (Å²) in [4.78, 5) is 17.0. The van der Waals surface area contributed by atoms with E-state index in [2.05, 4.69) is 16.0 Å². The van der Waals surface area contributed by atoms with E-state index in [1.165, 1.54) is 0 Å². The highest BCUT2D eigenvalue weighted by Crippen LogP contribution is 2.32. The van der Waals surface area contributed by atoms with Crippen molar-refractivity contribution >= 4 is 16.9 Å². The molecule has 0 atom stereocenters. The van der Waals surface area contributed by atoms with E-state index in [-0.39, 0.29) is 5.91 Å². The third kappa shape index (κ3) is 1.93. The Hall–Kier alpha value is -2.86. The molecule has 0 radical (unpaired) electrons. The number of ether oxygens (including phenoxy) is 2. The van der Waals surface area contributed by atoms with Gasteiger partial charge < -0.3 is 19.4 Å². The van der Waals surface area contributed by atoms with Crippen molar-refractivity contribution in [1.82, 2.24) is 14.9 Å². The van der Waals surface area contributed by atoms with Crippen LogP contribution in [-0.2, 0) is 17.9 Å². The van der Waals surface area contributed by atoms with Crippen LogP contribution in [0.3, 0.4) is 0 Å². The van der Waals surface area contributed by atoms with Crippen molar-refractivity contribution in [2.24, 2.45) is 0 Å². The summed E-state index contributed by atoms with van der Waals surface area (Å²) in [6.07, 6.45) is 0. The Morgan fingerprint density at radius 1 is 1.21 bits per heavy atom. The lowest BCUT2D eigenvalue weighted by atomic mass is 10.1. The summed E-state index contributed by atoms with van der Waals surface area (Å²) in [7, 11) is 0. The van der Waals surface area contributed by atoms with Crippen LogP contribution in [-0.4, -0.2) is 28.8 Å². The molecular formula is C18H15N3O3. The minimum absolute atomic E-state index is 0.0435. The summed E-state index contributed by atoms with van der Waals surface area (Å²) in [6, 6.07) is 11.7. The van der Waals surface area contributed by atoms with E-state index in [0.717, 1.165) is 33.7 Å². The van der Waals surface area contributed by atoms with E-state index in [0.29, 0.717) is 32.1 Å². The zero-order chi connectivity index (χ0) is 16.1. The van der Waals surface area contributed by atoms with Crippen molar-refractivity contribution in [3.63, 3.8) is 0 Å². The van der Waals surface area contributed by atoms with Gasteiger partial charge in [-0.05, 0) is 30.3 Å². The molecule has 6 heteroatoms. The fourth-order valence-electron chi connectivity index (χ4n) is 3.41. The van der Waals surface area contributed by atoms with E-state index in [1.54, 1.807) is 0 Å². The van der Waals surface area contributed by atoms with Gasteiger partial charge in [0, 0.05) is 24.2 Å². The van der Waals surface area contributed by atoms with Crippen LogP contribution in [0.4, 0.5) is 0 Å². The van der Waals surface area contributed by atoms with Crippen molar-refractivity contribution in [3.8, 4) is 17.1 Å². The quantitative estimate of drug-likeness (QED) is 0.747. The Bertz CT molecular complexity index is 977. The second-order valence-corrected chi connectivity index (χ2v) is 5.95. The van der Waals surface area contributed by atoms with Gasteiger partial charge in [-0.1, -0.05) is 6.07 Å². The molecular weight excluding hydrogens is 306 g/mol. The van der Waals surface area contributed by atoms with E-state index in [4.69, 9.17) is 14.5 Å². The van der Waals surface area contributed by atoms with Crippen LogP contribution in [0.5, 0.6) is 5.75 Å². The number of imidazole rings is 1. The summed E-state index contributed by atoms with van der Waals surface area (Å²) in [5.74, 6) is 1.68. The number of amides is 1. The van der Waals surface area contributed by atoms with Crippen molar-refractivity contribution in [3.05, 3.63) is 47.5 Å². The molecule has 120 valence electrons. The van der Waals surface area contributed by atoms with Gasteiger partial charge in [0.2, 0.25) is 0 Å². The summed E-state index contributed by atoms with van der Waals surface area (Å²) in [6.45, 7) is 2.11. The maximum atomic E-state index is 12.2. The molecule has 0 fully saturated rings. The number of nitrogens with zero attached hydrogens (tertiary/aromatic N) is 2. The van der Waals surface area contributed by atoms with Crippen LogP contribution in [0.15, 0.2) is 36.4 Å². The zero-order valence-electron chi connectivity index (χ0n) is 12.9. The van der Waals surface area contributed by atoms with Crippen molar-refractivity contribution in [2.75, 3.05) is 13.3 Å². The van der Waals surface area contributed by atoms with Crippen LogP contribution in [0.1, 0.15) is 15.9 Å². The first-order chi connectivity index (χ1) is 11.8. The molecule has 2 aliphatic rings. The van der Waals surface area contributed by atoms with E-state index >= 15 is 0 Å². The van der Waals surface area contributed by atoms with Crippen molar-refractivity contribution in [1.29, 1.82) is 0 Å². The number of rotatable bonds is 1. The van der Waals surface area contributed by atoms with E-state index in [9.17, 15) is 4.79 Å². The molecule has 0 saturated carbocycles. The fourth-order valence-corrected chi connectivity index (χ4v) is 3.41. The molecule has 5 rings (SSSR count). The predicted molar refractivity (Wildman–Crippen MR) is 87.8 cm³/mol. The third-order valence-electron chi connectivity index (χ3n) is 4.51. The summed E-state index contributed by atoms with van der Waals surface area (Å²) < 4.78 is 13.0. The van der Waals surface area contributed by atoms with Gasteiger partial charge in [0.1, 0.15) is 11.6 Å². The molecule has 2 aromatic carbocycles. The topological polar surface area (TPSA) is 65.4 Å². The maximum Gasteiger partial charge on any atom is 0.253 e. The number of benzene rings is 2. The van der Waals surface area contributed by atoms with Crippen molar-refractivity contribution in [2.45, 2.75) is 13.2 Å². The van der Waals surface area contributed by atoms with Gasteiger partial charge in [-0.15, -0.1) is 0 Å². The minimum Gasteiger partial charge on any atom is -0.467 e. The second kappa shape index (κ2) is 5.07. The molecule has 3 aromatic rings. The number of fused-ring (bicyclic) bond motifs is 1. The second-order valence-electron chi connectivity index (χ2n) is 5.95. The molecule has 0 saturated heterocycles. The number of para-hydroxylation sites is 1.